The van der Waals surface area contributed by atoms with E-state index < -0.39 is 22.7 Å². The highest BCUT2D eigenvalue weighted by atomic mass is 32.2. The average Bonchev–Trinajstić information content (AvgIpc) is 2.72. The van der Waals surface area contributed by atoms with Crippen LogP contribution in [0.2, 0.25) is 0 Å². The van der Waals surface area contributed by atoms with Crippen LogP contribution in [0.1, 0.15) is 22.3 Å². The van der Waals surface area contributed by atoms with E-state index in [2.05, 4.69) is 5.32 Å². The SMILES string of the molecule is CSCCC(NC(=O)c1cccc([N+](=O)[O-])c1)C(=O)N(C)Cc1ccccc1F. The van der Waals surface area contributed by atoms with Gasteiger partial charge in [0.25, 0.3) is 11.6 Å². The fourth-order valence-corrected chi connectivity index (χ4v) is 3.19. The molecule has 0 aliphatic carbocycles. The predicted octanol–water partition coefficient (Wildman–Crippen LogP) is 3.24. The Morgan fingerprint density at radius 3 is 2.62 bits per heavy atom. The quantitative estimate of drug-likeness (QED) is 0.498. The third kappa shape index (κ3) is 6.28. The lowest BCUT2D eigenvalue weighted by Crippen LogP contribution is -2.47. The van der Waals surface area contributed by atoms with E-state index in [1.807, 2.05) is 6.26 Å². The van der Waals surface area contributed by atoms with E-state index >= 15 is 0 Å². The lowest BCUT2D eigenvalue weighted by Gasteiger charge is -2.25. The molecule has 0 saturated carbocycles. The van der Waals surface area contributed by atoms with Crippen LogP contribution < -0.4 is 5.32 Å². The number of carbonyl (C=O) groups excluding carboxylic acids is 2. The number of amides is 2. The first-order chi connectivity index (χ1) is 13.8. The van der Waals surface area contributed by atoms with Crippen LogP contribution >= 0.6 is 11.8 Å². The van der Waals surface area contributed by atoms with Crippen molar-refractivity contribution in [3.8, 4) is 0 Å². The van der Waals surface area contributed by atoms with Crippen molar-refractivity contribution < 1.29 is 18.9 Å². The molecule has 1 unspecified atom stereocenters. The molecule has 0 aromatic heterocycles. The molecule has 2 amide bonds. The van der Waals surface area contributed by atoms with Crippen molar-refractivity contribution in [2.75, 3.05) is 19.1 Å². The zero-order valence-electron chi connectivity index (χ0n) is 16.1. The van der Waals surface area contributed by atoms with Gasteiger partial charge >= 0.3 is 0 Å². The van der Waals surface area contributed by atoms with Gasteiger partial charge in [-0.2, -0.15) is 11.8 Å². The van der Waals surface area contributed by atoms with Crippen LogP contribution in [-0.2, 0) is 11.3 Å². The highest BCUT2D eigenvalue weighted by Gasteiger charge is 2.25. The molecule has 0 aliphatic rings. The molecule has 1 atom stereocenters. The van der Waals surface area contributed by atoms with Gasteiger partial charge in [0.2, 0.25) is 5.91 Å². The second-order valence-corrected chi connectivity index (χ2v) is 7.39. The Balaban J connectivity index is 2.14. The molecular weight excluding hydrogens is 397 g/mol. The number of thioether (sulfide) groups is 1. The summed E-state index contributed by atoms with van der Waals surface area (Å²) >= 11 is 1.52. The monoisotopic (exact) mass is 419 g/mol. The maximum atomic E-state index is 13.9. The topological polar surface area (TPSA) is 92.5 Å². The molecule has 1 N–H and O–H groups in total. The van der Waals surface area contributed by atoms with Gasteiger partial charge in [0, 0.05) is 36.9 Å². The number of nitro groups is 1. The first-order valence-corrected chi connectivity index (χ1v) is 10.3. The minimum atomic E-state index is -0.828. The van der Waals surface area contributed by atoms with Gasteiger partial charge in [0.05, 0.1) is 4.92 Å². The van der Waals surface area contributed by atoms with Crippen molar-refractivity contribution in [3.05, 3.63) is 75.6 Å². The zero-order valence-corrected chi connectivity index (χ0v) is 16.9. The van der Waals surface area contributed by atoms with Crippen molar-refractivity contribution in [1.29, 1.82) is 0 Å². The van der Waals surface area contributed by atoms with Crippen molar-refractivity contribution >= 4 is 29.3 Å². The van der Waals surface area contributed by atoms with Gasteiger partial charge in [0.15, 0.2) is 0 Å². The van der Waals surface area contributed by atoms with Crippen LogP contribution in [0.4, 0.5) is 10.1 Å². The van der Waals surface area contributed by atoms with Crippen molar-refractivity contribution in [1.82, 2.24) is 10.2 Å². The highest BCUT2D eigenvalue weighted by molar-refractivity contribution is 7.98. The second kappa shape index (κ2) is 10.6. The van der Waals surface area contributed by atoms with E-state index in [4.69, 9.17) is 0 Å². The number of nitrogens with one attached hydrogen (secondary N) is 1. The van der Waals surface area contributed by atoms with E-state index in [0.717, 1.165) is 6.07 Å². The number of benzene rings is 2. The number of likely N-dealkylation sites (N-methyl/N-ethyl adjacent to an activating group) is 1. The van der Waals surface area contributed by atoms with Crippen LogP contribution in [0.25, 0.3) is 0 Å². The Bertz CT molecular complexity index is 894. The van der Waals surface area contributed by atoms with Crippen molar-refractivity contribution in [2.45, 2.75) is 19.0 Å². The fraction of sp³-hybridized carbons (Fsp3) is 0.300. The van der Waals surface area contributed by atoms with Gasteiger partial charge in [-0.15, -0.1) is 0 Å². The maximum absolute atomic E-state index is 13.9. The number of hydrogen-bond acceptors (Lipinski definition) is 5. The van der Waals surface area contributed by atoms with Gasteiger partial charge in [-0.1, -0.05) is 24.3 Å². The summed E-state index contributed by atoms with van der Waals surface area (Å²) in [6.45, 7) is 0.0634. The number of non-ortho nitro benzene ring substituents is 1. The van der Waals surface area contributed by atoms with E-state index in [-0.39, 0.29) is 23.7 Å². The molecule has 0 radical (unpaired) electrons. The first kappa shape index (κ1) is 22.4. The van der Waals surface area contributed by atoms with E-state index in [1.54, 1.807) is 25.2 Å². The number of halogens is 1. The summed E-state index contributed by atoms with van der Waals surface area (Å²) in [5, 5.41) is 13.6. The minimum absolute atomic E-state index is 0.0634. The largest absolute Gasteiger partial charge is 0.340 e. The van der Waals surface area contributed by atoms with Gasteiger partial charge < -0.3 is 10.2 Å². The maximum Gasteiger partial charge on any atom is 0.270 e. The van der Waals surface area contributed by atoms with E-state index in [9.17, 15) is 24.1 Å². The molecule has 7 nitrogen and oxygen atoms in total. The number of nitrogens with zero attached hydrogens (tertiary/aromatic N) is 2. The van der Waals surface area contributed by atoms with Crippen LogP contribution in [0.15, 0.2) is 48.5 Å². The number of hydrogen-bond donors (Lipinski definition) is 1. The standard InChI is InChI=1S/C20H22FN3O4S/c1-23(13-15-6-3-4-9-17(15)21)20(26)18(10-11-29-2)22-19(25)14-7-5-8-16(12-14)24(27)28/h3-9,12,18H,10-11,13H2,1-2H3,(H,22,25). The molecule has 0 heterocycles. The third-order valence-corrected chi connectivity index (χ3v) is 4.92. The summed E-state index contributed by atoms with van der Waals surface area (Å²) in [6.07, 6.45) is 2.26. The Morgan fingerprint density at radius 1 is 1.24 bits per heavy atom. The molecular formula is C20H22FN3O4S. The lowest BCUT2D eigenvalue weighted by atomic mass is 10.1. The van der Waals surface area contributed by atoms with E-state index in [1.165, 1.54) is 40.9 Å². The van der Waals surface area contributed by atoms with Crippen LogP contribution in [0.5, 0.6) is 0 Å². The fourth-order valence-electron chi connectivity index (χ4n) is 2.72. The summed E-state index contributed by atoms with van der Waals surface area (Å²) in [7, 11) is 1.54. The Labute approximate surface area is 172 Å². The summed E-state index contributed by atoms with van der Waals surface area (Å²) in [4.78, 5) is 37.1. The molecule has 29 heavy (non-hydrogen) atoms. The van der Waals surface area contributed by atoms with Gasteiger partial charge in [-0.25, -0.2) is 4.39 Å². The summed E-state index contributed by atoms with van der Waals surface area (Å²) < 4.78 is 13.9. The molecule has 0 bridgehead atoms. The van der Waals surface area contributed by atoms with Crippen molar-refractivity contribution in [3.63, 3.8) is 0 Å². The molecule has 2 aromatic carbocycles. The smallest absolute Gasteiger partial charge is 0.270 e. The summed E-state index contributed by atoms with van der Waals surface area (Å²) in [6, 6.07) is 10.7. The molecule has 2 aromatic rings. The Morgan fingerprint density at radius 2 is 1.97 bits per heavy atom. The first-order valence-electron chi connectivity index (χ1n) is 8.86. The molecule has 9 heteroatoms. The normalized spacial score (nSPS) is 11.6. The summed E-state index contributed by atoms with van der Waals surface area (Å²) in [5.41, 5.74) is 0.260. The van der Waals surface area contributed by atoms with Gasteiger partial charge in [-0.3, -0.25) is 19.7 Å². The predicted molar refractivity (Wildman–Crippen MR) is 110 cm³/mol. The molecule has 154 valence electrons. The molecule has 0 fully saturated rings. The molecule has 0 spiro atoms. The molecule has 2 rings (SSSR count). The Kier molecular flexibility index (Phi) is 8.14. The third-order valence-electron chi connectivity index (χ3n) is 4.27. The number of rotatable bonds is 9. The van der Waals surface area contributed by atoms with Crippen LogP contribution in [0, 0.1) is 15.9 Å². The molecule has 0 saturated heterocycles. The number of carbonyl (C=O) groups is 2. The van der Waals surface area contributed by atoms with E-state index in [0.29, 0.717) is 17.7 Å². The zero-order chi connectivity index (χ0) is 21.4. The van der Waals surface area contributed by atoms with Gasteiger partial charge in [-0.05, 0) is 30.6 Å². The van der Waals surface area contributed by atoms with Crippen LogP contribution in [0.3, 0.4) is 0 Å². The number of nitro benzene ring substituents is 1. The summed E-state index contributed by atoms with van der Waals surface area (Å²) in [5.74, 6) is -0.721. The minimum Gasteiger partial charge on any atom is -0.340 e. The Hall–Kier alpha value is -2.94. The molecule has 0 aliphatic heterocycles. The second-order valence-electron chi connectivity index (χ2n) is 6.40. The lowest BCUT2D eigenvalue weighted by molar-refractivity contribution is -0.384. The van der Waals surface area contributed by atoms with Gasteiger partial charge in [0.1, 0.15) is 11.9 Å². The average molecular weight is 419 g/mol. The highest BCUT2D eigenvalue weighted by Crippen LogP contribution is 2.15. The van der Waals surface area contributed by atoms with Crippen LogP contribution in [-0.4, -0.2) is 46.7 Å². The van der Waals surface area contributed by atoms with Crippen molar-refractivity contribution in [2.24, 2.45) is 0 Å².